The number of anilines is 1. The topological polar surface area (TPSA) is 82.4 Å². The molecule has 8 heteroatoms. The third-order valence-corrected chi connectivity index (χ3v) is 5.56. The number of benzene rings is 1. The summed E-state index contributed by atoms with van der Waals surface area (Å²) in [5, 5.41) is 3.36. The Hall–Kier alpha value is -2.87. The second kappa shape index (κ2) is 7.40. The summed E-state index contributed by atoms with van der Waals surface area (Å²) in [4.78, 5) is 31.7. The Morgan fingerprint density at radius 1 is 1.22 bits per heavy atom. The zero-order valence-electron chi connectivity index (χ0n) is 15.9. The van der Waals surface area contributed by atoms with Gasteiger partial charge in [-0.15, -0.1) is 11.3 Å². The molecule has 0 saturated heterocycles. The molecule has 2 aromatic heterocycles. The summed E-state index contributed by atoms with van der Waals surface area (Å²) in [5.74, 6) is 1.25. The van der Waals surface area contributed by atoms with Crippen LogP contribution in [-0.4, -0.2) is 29.7 Å². The van der Waals surface area contributed by atoms with Gasteiger partial charge >= 0.3 is 0 Å². The van der Waals surface area contributed by atoms with E-state index in [4.69, 9.17) is 9.47 Å². The highest BCUT2D eigenvalue weighted by molar-refractivity contribution is 7.18. The largest absolute Gasteiger partial charge is 0.497 e. The van der Waals surface area contributed by atoms with Gasteiger partial charge in [0.25, 0.3) is 5.56 Å². The molecule has 142 valence electrons. The number of nitrogens with zero attached hydrogens (tertiary/aromatic N) is 2. The Morgan fingerprint density at radius 3 is 2.63 bits per heavy atom. The maximum absolute atomic E-state index is 12.9. The number of carbonyl (C=O) groups excluding carboxylic acids is 1. The zero-order valence-corrected chi connectivity index (χ0v) is 16.7. The second-order valence-electron chi connectivity index (χ2n) is 6.13. The molecule has 0 saturated carbocycles. The molecule has 7 nitrogen and oxygen atoms in total. The molecule has 0 aliphatic carbocycles. The number of methoxy groups -OCH3 is 2. The molecule has 0 unspecified atom stereocenters. The van der Waals surface area contributed by atoms with Crippen molar-refractivity contribution in [2.75, 3.05) is 19.5 Å². The van der Waals surface area contributed by atoms with Crippen molar-refractivity contribution in [3.8, 4) is 11.5 Å². The van der Waals surface area contributed by atoms with Gasteiger partial charge in [-0.25, -0.2) is 4.98 Å². The van der Waals surface area contributed by atoms with E-state index in [1.165, 1.54) is 23.0 Å². The van der Waals surface area contributed by atoms with Gasteiger partial charge in [-0.1, -0.05) is 0 Å². The van der Waals surface area contributed by atoms with Crippen LogP contribution in [0.15, 0.2) is 23.0 Å². The van der Waals surface area contributed by atoms with Crippen LogP contribution < -0.4 is 20.3 Å². The number of ether oxygens (including phenoxy) is 2. The van der Waals surface area contributed by atoms with Crippen LogP contribution in [0.2, 0.25) is 0 Å². The first-order valence-corrected chi connectivity index (χ1v) is 9.16. The van der Waals surface area contributed by atoms with E-state index in [1.54, 1.807) is 32.2 Å². The van der Waals surface area contributed by atoms with Gasteiger partial charge in [0.1, 0.15) is 28.7 Å². The van der Waals surface area contributed by atoms with E-state index >= 15 is 0 Å². The van der Waals surface area contributed by atoms with Crippen molar-refractivity contribution >= 4 is 33.1 Å². The average Bonchev–Trinajstić information content (AvgIpc) is 2.92. The summed E-state index contributed by atoms with van der Waals surface area (Å²) in [6, 6.07) is 5.11. The van der Waals surface area contributed by atoms with E-state index in [-0.39, 0.29) is 18.0 Å². The number of hydrogen-bond acceptors (Lipinski definition) is 6. The van der Waals surface area contributed by atoms with Crippen LogP contribution in [0.25, 0.3) is 10.2 Å². The van der Waals surface area contributed by atoms with Gasteiger partial charge in [0.2, 0.25) is 5.91 Å². The molecule has 2 heterocycles. The lowest BCUT2D eigenvalue weighted by Crippen LogP contribution is -2.30. The van der Waals surface area contributed by atoms with Gasteiger partial charge in [0.15, 0.2) is 0 Å². The molecule has 27 heavy (non-hydrogen) atoms. The minimum atomic E-state index is -0.350. The Labute approximate surface area is 160 Å². The molecule has 1 aromatic carbocycles. The van der Waals surface area contributed by atoms with E-state index in [9.17, 15) is 9.59 Å². The highest BCUT2D eigenvalue weighted by Gasteiger charge is 2.17. The highest BCUT2D eigenvalue weighted by atomic mass is 32.1. The molecule has 3 aromatic rings. The van der Waals surface area contributed by atoms with Gasteiger partial charge in [-0.3, -0.25) is 14.2 Å². The Kier molecular flexibility index (Phi) is 5.18. The third-order valence-electron chi connectivity index (χ3n) is 4.46. The monoisotopic (exact) mass is 387 g/mol. The fourth-order valence-electron chi connectivity index (χ4n) is 2.86. The standard InChI is InChI=1S/C19H21N3O4S/c1-10-11(2)27-18-17(10)19(24)22(12(3)20-18)9-16(23)21-14-8-13(25-4)6-7-15(14)26-5/h6-8H,9H2,1-5H3,(H,21,23). The van der Waals surface area contributed by atoms with Crippen molar-refractivity contribution in [3.63, 3.8) is 0 Å². The van der Waals surface area contributed by atoms with Gasteiger partial charge in [-0.2, -0.15) is 0 Å². The molecule has 0 aliphatic rings. The van der Waals surface area contributed by atoms with Crippen LogP contribution in [0.5, 0.6) is 11.5 Å². The molecular weight excluding hydrogens is 366 g/mol. The van der Waals surface area contributed by atoms with Gasteiger partial charge in [-0.05, 0) is 38.5 Å². The van der Waals surface area contributed by atoms with Crippen LogP contribution >= 0.6 is 11.3 Å². The van der Waals surface area contributed by atoms with Crippen molar-refractivity contribution in [1.82, 2.24) is 9.55 Å². The van der Waals surface area contributed by atoms with Crippen LogP contribution in [0.1, 0.15) is 16.3 Å². The minimum absolute atomic E-state index is 0.137. The first kappa shape index (κ1) is 18.9. The fourth-order valence-corrected chi connectivity index (χ4v) is 3.93. The highest BCUT2D eigenvalue weighted by Crippen LogP contribution is 2.29. The normalized spacial score (nSPS) is 10.9. The number of carbonyl (C=O) groups is 1. The van der Waals surface area contributed by atoms with Crippen LogP contribution in [0.3, 0.4) is 0 Å². The van der Waals surface area contributed by atoms with Gasteiger partial charge in [0.05, 0.1) is 25.3 Å². The van der Waals surface area contributed by atoms with Crippen LogP contribution in [0.4, 0.5) is 5.69 Å². The smallest absolute Gasteiger partial charge is 0.263 e. The van der Waals surface area contributed by atoms with Crippen molar-refractivity contribution in [3.05, 3.63) is 44.8 Å². The average molecular weight is 387 g/mol. The number of fused-ring (bicyclic) bond motifs is 1. The predicted molar refractivity (Wildman–Crippen MR) is 106 cm³/mol. The molecule has 0 bridgehead atoms. The van der Waals surface area contributed by atoms with Crippen LogP contribution in [0, 0.1) is 20.8 Å². The first-order chi connectivity index (χ1) is 12.8. The molecule has 0 radical (unpaired) electrons. The third kappa shape index (κ3) is 3.52. The lowest BCUT2D eigenvalue weighted by molar-refractivity contribution is -0.116. The number of aromatic nitrogens is 2. The summed E-state index contributed by atoms with van der Waals surface area (Å²) in [6.07, 6.45) is 0. The lowest BCUT2D eigenvalue weighted by Gasteiger charge is -2.13. The Bertz CT molecular complexity index is 1080. The van der Waals surface area contributed by atoms with Gasteiger partial charge < -0.3 is 14.8 Å². The number of rotatable bonds is 5. The maximum atomic E-state index is 12.9. The number of aryl methyl sites for hydroxylation is 3. The second-order valence-corrected chi connectivity index (χ2v) is 7.33. The molecular formula is C19H21N3O4S. The minimum Gasteiger partial charge on any atom is -0.497 e. The van der Waals surface area contributed by atoms with Crippen LogP contribution in [-0.2, 0) is 11.3 Å². The fraction of sp³-hybridized carbons (Fsp3) is 0.316. The van der Waals surface area contributed by atoms with E-state index in [1.807, 2.05) is 13.8 Å². The van der Waals surface area contributed by atoms with Crippen molar-refractivity contribution in [2.45, 2.75) is 27.3 Å². The van der Waals surface area contributed by atoms with Crippen molar-refractivity contribution in [1.29, 1.82) is 0 Å². The summed E-state index contributed by atoms with van der Waals surface area (Å²) in [5.41, 5.74) is 1.19. The quantitative estimate of drug-likeness (QED) is 0.728. The summed E-state index contributed by atoms with van der Waals surface area (Å²) in [6.45, 7) is 5.45. The molecule has 0 aliphatic heterocycles. The van der Waals surface area contributed by atoms with Crippen molar-refractivity contribution < 1.29 is 14.3 Å². The summed E-state index contributed by atoms with van der Waals surface area (Å²) < 4.78 is 11.8. The first-order valence-electron chi connectivity index (χ1n) is 8.34. The predicted octanol–water partition coefficient (Wildman–Crippen LogP) is 3.04. The molecule has 3 rings (SSSR count). The molecule has 1 N–H and O–H groups in total. The van der Waals surface area contributed by atoms with Gasteiger partial charge in [0, 0.05) is 10.9 Å². The van der Waals surface area contributed by atoms with E-state index < -0.39 is 0 Å². The lowest BCUT2D eigenvalue weighted by atomic mass is 10.2. The van der Waals surface area contributed by atoms with Crippen molar-refractivity contribution in [2.24, 2.45) is 0 Å². The molecule has 0 atom stereocenters. The Morgan fingerprint density at radius 2 is 1.96 bits per heavy atom. The number of hydrogen-bond donors (Lipinski definition) is 1. The number of amides is 1. The number of nitrogens with one attached hydrogen (secondary N) is 1. The zero-order chi connectivity index (χ0) is 19.7. The molecule has 1 amide bonds. The van der Waals surface area contributed by atoms with E-state index in [0.717, 1.165) is 10.4 Å². The summed E-state index contributed by atoms with van der Waals surface area (Å²) in [7, 11) is 3.06. The molecule has 0 fully saturated rings. The molecule has 0 spiro atoms. The SMILES string of the molecule is COc1ccc(OC)c(NC(=O)Cn2c(C)nc3sc(C)c(C)c3c2=O)c1. The Balaban J connectivity index is 1.93. The number of thiophene rings is 1. The van der Waals surface area contributed by atoms with E-state index in [0.29, 0.717) is 33.2 Å². The summed E-state index contributed by atoms with van der Waals surface area (Å²) >= 11 is 1.49. The maximum Gasteiger partial charge on any atom is 0.263 e. The van der Waals surface area contributed by atoms with E-state index in [2.05, 4.69) is 10.3 Å².